The van der Waals surface area contributed by atoms with Gasteiger partial charge in [0.15, 0.2) is 11.5 Å². The number of carbonyl (C=O) groups excluding carboxylic acids is 1. The summed E-state index contributed by atoms with van der Waals surface area (Å²) in [7, 11) is 3.13. The predicted molar refractivity (Wildman–Crippen MR) is 105 cm³/mol. The van der Waals surface area contributed by atoms with Crippen molar-refractivity contribution in [2.24, 2.45) is 5.92 Å². The van der Waals surface area contributed by atoms with Crippen LogP contribution in [-0.4, -0.2) is 33.2 Å². The molecule has 2 aromatic rings. The van der Waals surface area contributed by atoms with E-state index in [4.69, 9.17) is 9.47 Å². The van der Waals surface area contributed by atoms with Crippen molar-refractivity contribution >= 4 is 17.3 Å². The van der Waals surface area contributed by atoms with Crippen molar-refractivity contribution in [1.29, 1.82) is 0 Å². The number of benzene rings is 2. The van der Waals surface area contributed by atoms with E-state index >= 15 is 0 Å². The minimum Gasteiger partial charge on any atom is -0.493 e. The maximum absolute atomic E-state index is 12.5. The molecule has 1 N–H and O–H groups in total. The van der Waals surface area contributed by atoms with Gasteiger partial charge < -0.3 is 19.7 Å². The Morgan fingerprint density at radius 1 is 1.08 bits per heavy atom. The topological polar surface area (TPSA) is 50.8 Å². The predicted octanol–water partition coefficient (Wildman–Crippen LogP) is 4.19. The molecule has 1 unspecified atom stereocenters. The molecule has 0 spiro atoms. The minimum atomic E-state index is -0.176. The van der Waals surface area contributed by atoms with Crippen LogP contribution in [0.5, 0.6) is 11.5 Å². The maximum Gasteiger partial charge on any atom is 0.255 e. The number of hydrogen-bond acceptors (Lipinski definition) is 4. The molecule has 0 aliphatic carbocycles. The average Bonchev–Trinajstić information content (AvgIpc) is 2.68. The van der Waals surface area contributed by atoms with Gasteiger partial charge in [-0.3, -0.25) is 4.79 Å². The normalized spacial score (nSPS) is 16.9. The molecule has 1 fully saturated rings. The highest BCUT2D eigenvalue weighted by molar-refractivity contribution is 6.04. The first kappa shape index (κ1) is 18.1. The minimum absolute atomic E-state index is 0.176. The Morgan fingerprint density at radius 2 is 1.81 bits per heavy atom. The summed E-state index contributed by atoms with van der Waals surface area (Å²) in [6, 6.07) is 13.2. The number of nitrogens with zero attached hydrogens (tertiary/aromatic N) is 1. The van der Waals surface area contributed by atoms with Crippen LogP contribution in [0.15, 0.2) is 42.5 Å². The molecule has 0 aromatic heterocycles. The van der Waals surface area contributed by atoms with Crippen molar-refractivity contribution < 1.29 is 14.3 Å². The number of methoxy groups -OCH3 is 2. The first-order valence-electron chi connectivity index (χ1n) is 8.99. The summed E-state index contributed by atoms with van der Waals surface area (Å²) in [6.07, 6.45) is 2.54. The number of amides is 1. The number of rotatable bonds is 5. The number of carbonyl (C=O) groups is 1. The van der Waals surface area contributed by atoms with Gasteiger partial charge in [-0.2, -0.15) is 0 Å². The van der Waals surface area contributed by atoms with Gasteiger partial charge in [0.05, 0.1) is 14.2 Å². The first-order chi connectivity index (χ1) is 12.6. The smallest absolute Gasteiger partial charge is 0.255 e. The monoisotopic (exact) mass is 354 g/mol. The molecule has 0 saturated carbocycles. The molecule has 138 valence electrons. The zero-order valence-corrected chi connectivity index (χ0v) is 15.6. The Morgan fingerprint density at radius 3 is 2.46 bits per heavy atom. The third kappa shape index (κ3) is 4.10. The van der Waals surface area contributed by atoms with Crippen LogP contribution in [0.3, 0.4) is 0 Å². The Labute approximate surface area is 154 Å². The Balaban J connectivity index is 1.68. The summed E-state index contributed by atoms with van der Waals surface area (Å²) in [5.41, 5.74) is 2.51. The van der Waals surface area contributed by atoms with Gasteiger partial charge in [-0.05, 0) is 61.2 Å². The molecule has 1 atom stereocenters. The molecule has 1 aliphatic heterocycles. The summed E-state index contributed by atoms with van der Waals surface area (Å²) in [4.78, 5) is 14.9. The van der Waals surface area contributed by atoms with E-state index in [1.165, 1.54) is 18.5 Å². The summed E-state index contributed by atoms with van der Waals surface area (Å²) >= 11 is 0. The highest BCUT2D eigenvalue weighted by Crippen LogP contribution is 2.28. The third-order valence-corrected chi connectivity index (χ3v) is 4.79. The summed E-state index contributed by atoms with van der Waals surface area (Å²) in [5.74, 6) is 1.69. The molecule has 1 aliphatic rings. The zero-order chi connectivity index (χ0) is 18.5. The lowest BCUT2D eigenvalue weighted by atomic mass is 10.00. The van der Waals surface area contributed by atoms with Crippen LogP contribution in [-0.2, 0) is 0 Å². The number of piperidine rings is 1. The van der Waals surface area contributed by atoms with E-state index in [9.17, 15) is 4.79 Å². The van der Waals surface area contributed by atoms with E-state index < -0.39 is 0 Å². The van der Waals surface area contributed by atoms with Gasteiger partial charge in [-0.25, -0.2) is 0 Å². The van der Waals surface area contributed by atoms with Gasteiger partial charge in [-0.1, -0.05) is 6.92 Å². The molecular weight excluding hydrogens is 328 g/mol. The fraction of sp³-hybridized carbons (Fsp3) is 0.381. The van der Waals surface area contributed by atoms with E-state index in [-0.39, 0.29) is 5.91 Å². The molecule has 0 bridgehead atoms. The Bertz CT molecular complexity index is 758. The van der Waals surface area contributed by atoms with Crippen molar-refractivity contribution in [2.45, 2.75) is 19.8 Å². The largest absolute Gasteiger partial charge is 0.493 e. The molecule has 2 aromatic carbocycles. The first-order valence-corrected chi connectivity index (χ1v) is 8.99. The van der Waals surface area contributed by atoms with Crippen molar-refractivity contribution in [3.8, 4) is 11.5 Å². The van der Waals surface area contributed by atoms with E-state index in [1.807, 2.05) is 12.1 Å². The summed E-state index contributed by atoms with van der Waals surface area (Å²) in [5, 5.41) is 2.93. The van der Waals surface area contributed by atoms with Crippen LogP contribution < -0.4 is 19.7 Å². The van der Waals surface area contributed by atoms with E-state index in [1.54, 1.807) is 32.4 Å². The summed E-state index contributed by atoms with van der Waals surface area (Å²) in [6.45, 7) is 4.49. The van der Waals surface area contributed by atoms with Gasteiger partial charge >= 0.3 is 0 Å². The van der Waals surface area contributed by atoms with Crippen molar-refractivity contribution in [1.82, 2.24) is 0 Å². The van der Waals surface area contributed by atoms with Gasteiger partial charge in [0.2, 0.25) is 0 Å². The molecule has 0 radical (unpaired) electrons. The SMILES string of the molecule is COc1ccc(C(=O)Nc2ccc(N3CCCC(C)C3)cc2)cc1OC. The third-order valence-electron chi connectivity index (χ3n) is 4.79. The molecule has 1 saturated heterocycles. The molecule has 3 rings (SSSR count). The maximum atomic E-state index is 12.5. The van der Waals surface area contributed by atoms with Crippen LogP contribution in [0, 0.1) is 5.92 Å². The second-order valence-electron chi connectivity index (χ2n) is 6.76. The van der Waals surface area contributed by atoms with Crippen LogP contribution in [0.1, 0.15) is 30.1 Å². The van der Waals surface area contributed by atoms with Gasteiger partial charge in [0.25, 0.3) is 5.91 Å². The quantitative estimate of drug-likeness (QED) is 0.875. The van der Waals surface area contributed by atoms with Gasteiger partial charge in [-0.15, -0.1) is 0 Å². The number of nitrogens with one attached hydrogen (secondary N) is 1. The lowest BCUT2D eigenvalue weighted by Gasteiger charge is -2.32. The van der Waals surface area contributed by atoms with Crippen molar-refractivity contribution in [2.75, 3.05) is 37.5 Å². The number of hydrogen-bond donors (Lipinski definition) is 1. The van der Waals surface area contributed by atoms with Crippen LogP contribution in [0.2, 0.25) is 0 Å². The fourth-order valence-electron chi connectivity index (χ4n) is 3.36. The number of ether oxygens (including phenoxy) is 2. The van der Waals surface area contributed by atoms with Crippen LogP contribution in [0.25, 0.3) is 0 Å². The van der Waals surface area contributed by atoms with Crippen LogP contribution >= 0.6 is 0 Å². The molecule has 1 amide bonds. The molecule has 5 heteroatoms. The average molecular weight is 354 g/mol. The van der Waals surface area contributed by atoms with Gasteiger partial charge in [0, 0.05) is 30.0 Å². The van der Waals surface area contributed by atoms with Crippen LogP contribution in [0.4, 0.5) is 11.4 Å². The molecule has 1 heterocycles. The van der Waals surface area contributed by atoms with E-state index in [0.29, 0.717) is 17.1 Å². The zero-order valence-electron chi connectivity index (χ0n) is 15.6. The van der Waals surface area contributed by atoms with E-state index in [2.05, 4.69) is 29.3 Å². The Kier molecular flexibility index (Phi) is 5.66. The lowest BCUT2D eigenvalue weighted by Crippen LogP contribution is -2.34. The highest BCUT2D eigenvalue weighted by atomic mass is 16.5. The second-order valence-corrected chi connectivity index (χ2v) is 6.76. The van der Waals surface area contributed by atoms with Gasteiger partial charge in [0.1, 0.15) is 0 Å². The second kappa shape index (κ2) is 8.13. The van der Waals surface area contributed by atoms with Crippen molar-refractivity contribution in [3.05, 3.63) is 48.0 Å². The van der Waals surface area contributed by atoms with E-state index in [0.717, 1.165) is 24.7 Å². The Hall–Kier alpha value is -2.69. The highest BCUT2D eigenvalue weighted by Gasteiger charge is 2.16. The van der Waals surface area contributed by atoms with Crippen molar-refractivity contribution in [3.63, 3.8) is 0 Å². The fourth-order valence-corrected chi connectivity index (χ4v) is 3.36. The number of anilines is 2. The standard InChI is InChI=1S/C21H26N2O3/c1-15-5-4-12-23(14-15)18-9-7-17(8-10-18)22-21(24)16-6-11-19(25-2)20(13-16)26-3/h6-11,13,15H,4-5,12,14H2,1-3H3,(H,22,24). The molecular formula is C21H26N2O3. The summed E-state index contributed by atoms with van der Waals surface area (Å²) < 4.78 is 10.5. The lowest BCUT2D eigenvalue weighted by molar-refractivity contribution is 0.102. The molecule has 5 nitrogen and oxygen atoms in total. The molecule has 26 heavy (non-hydrogen) atoms.